The molecular weight excluding hydrogens is 506 g/mol. The lowest BCUT2D eigenvalue weighted by molar-refractivity contribution is -0.121. The van der Waals surface area contributed by atoms with Gasteiger partial charge in [0.25, 0.3) is 5.91 Å². The van der Waals surface area contributed by atoms with Crippen molar-refractivity contribution in [3.63, 3.8) is 0 Å². The number of thioether (sulfide) groups is 1. The van der Waals surface area contributed by atoms with Gasteiger partial charge in [-0.05, 0) is 66.7 Å². The Kier molecular flexibility index (Phi) is 6.91. The Hall–Kier alpha value is -3.81. The third-order valence-electron chi connectivity index (χ3n) is 6.30. The molecule has 1 aliphatic rings. The molecule has 4 aromatic rings. The number of benzene rings is 3. The quantitative estimate of drug-likeness (QED) is 0.214. The molecule has 0 bridgehead atoms. The van der Waals surface area contributed by atoms with Gasteiger partial charge in [-0.15, -0.1) is 0 Å². The summed E-state index contributed by atoms with van der Waals surface area (Å²) in [6.45, 7) is 2.76. The monoisotopic (exact) mass is 529 g/mol. The molecule has 3 aromatic carbocycles. The van der Waals surface area contributed by atoms with Crippen LogP contribution in [0, 0.1) is 6.92 Å². The SMILES string of the molecule is COC(=O)c1cccc(N=C2SC(=Cc3c(C)n(Cc4ccc(Cl)cc4)c4ccccc34)C(=O)N2C)c1. The van der Waals surface area contributed by atoms with E-state index >= 15 is 0 Å². The summed E-state index contributed by atoms with van der Waals surface area (Å²) >= 11 is 7.39. The number of aliphatic imine (C=N–C) groups is 1. The lowest BCUT2D eigenvalue weighted by atomic mass is 10.1. The summed E-state index contributed by atoms with van der Waals surface area (Å²) < 4.78 is 7.06. The summed E-state index contributed by atoms with van der Waals surface area (Å²) in [5, 5.41) is 2.33. The highest BCUT2D eigenvalue weighted by atomic mass is 35.5. The molecule has 0 aliphatic carbocycles. The van der Waals surface area contributed by atoms with Crippen molar-refractivity contribution in [2.24, 2.45) is 4.99 Å². The predicted molar refractivity (Wildman–Crippen MR) is 150 cm³/mol. The Bertz CT molecular complexity index is 1590. The van der Waals surface area contributed by atoms with Crippen molar-refractivity contribution in [3.8, 4) is 0 Å². The van der Waals surface area contributed by atoms with Gasteiger partial charge in [-0.3, -0.25) is 9.69 Å². The second-order valence-electron chi connectivity index (χ2n) is 8.64. The number of fused-ring (bicyclic) bond motifs is 1. The maximum Gasteiger partial charge on any atom is 0.337 e. The Balaban J connectivity index is 1.51. The standard InChI is InChI=1S/C29H24ClN3O3S/c1-18-24(23-9-4-5-10-25(23)33(18)17-19-11-13-21(30)14-12-19)16-26-27(34)32(2)29(37-26)31-22-8-6-7-20(15-22)28(35)36-3/h4-16H,17H2,1-3H3. The highest BCUT2D eigenvalue weighted by molar-refractivity contribution is 8.18. The molecule has 186 valence electrons. The van der Waals surface area contributed by atoms with E-state index in [0.29, 0.717) is 32.9 Å². The summed E-state index contributed by atoms with van der Waals surface area (Å²) in [5.41, 5.74) is 5.28. The highest BCUT2D eigenvalue weighted by Gasteiger charge is 2.31. The summed E-state index contributed by atoms with van der Waals surface area (Å²) in [5.74, 6) is -0.557. The third kappa shape index (κ3) is 4.92. The van der Waals surface area contributed by atoms with Crippen LogP contribution in [0.2, 0.25) is 5.02 Å². The van der Waals surface area contributed by atoms with Gasteiger partial charge in [0.05, 0.1) is 23.3 Å². The molecule has 1 aliphatic heterocycles. The number of rotatable bonds is 5. The molecule has 0 N–H and O–H groups in total. The number of nitrogens with zero attached hydrogens (tertiary/aromatic N) is 3. The number of methoxy groups -OCH3 is 1. The summed E-state index contributed by atoms with van der Waals surface area (Å²) in [6.07, 6.45) is 1.95. The van der Waals surface area contributed by atoms with Gasteiger partial charge in [0.15, 0.2) is 5.17 Å². The van der Waals surface area contributed by atoms with Crippen LogP contribution in [0.5, 0.6) is 0 Å². The van der Waals surface area contributed by atoms with Crippen LogP contribution < -0.4 is 0 Å². The number of ether oxygens (including phenoxy) is 1. The molecule has 5 rings (SSSR count). The number of amides is 1. The van der Waals surface area contributed by atoms with Gasteiger partial charge in [0, 0.05) is 40.8 Å². The van der Waals surface area contributed by atoms with E-state index in [4.69, 9.17) is 16.3 Å². The van der Waals surface area contributed by atoms with Crippen LogP contribution in [0.4, 0.5) is 5.69 Å². The number of carbonyl (C=O) groups excluding carboxylic acids is 2. The Labute approximate surface area is 224 Å². The van der Waals surface area contributed by atoms with Crippen LogP contribution in [0.25, 0.3) is 17.0 Å². The first kappa shape index (κ1) is 24.9. The number of hydrogen-bond donors (Lipinski definition) is 0. The average molecular weight is 530 g/mol. The van der Waals surface area contributed by atoms with E-state index in [1.807, 2.05) is 42.5 Å². The van der Waals surface area contributed by atoms with E-state index in [0.717, 1.165) is 27.7 Å². The third-order valence-corrected chi connectivity index (χ3v) is 7.62. The summed E-state index contributed by atoms with van der Waals surface area (Å²) in [7, 11) is 3.04. The number of halogens is 1. The van der Waals surface area contributed by atoms with Crippen LogP contribution >= 0.6 is 23.4 Å². The Morgan fingerprint density at radius 3 is 2.59 bits per heavy atom. The number of esters is 1. The molecule has 0 unspecified atom stereocenters. The number of carbonyl (C=O) groups is 2. The van der Waals surface area contributed by atoms with Gasteiger partial charge >= 0.3 is 5.97 Å². The van der Waals surface area contributed by atoms with Crippen molar-refractivity contribution in [2.45, 2.75) is 13.5 Å². The van der Waals surface area contributed by atoms with Gasteiger partial charge < -0.3 is 9.30 Å². The van der Waals surface area contributed by atoms with E-state index in [1.54, 1.807) is 31.3 Å². The second-order valence-corrected chi connectivity index (χ2v) is 10.1. The molecule has 0 radical (unpaired) electrons. The van der Waals surface area contributed by atoms with Crippen molar-refractivity contribution >= 4 is 63.1 Å². The van der Waals surface area contributed by atoms with Crippen molar-refractivity contribution < 1.29 is 14.3 Å². The first-order chi connectivity index (χ1) is 17.9. The molecule has 1 saturated heterocycles. The Morgan fingerprint density at radius 1 is 1.08 bits per heavy atom. The van der Waals surface area contributed by atoms with E-state index in [-0.39, 0.29) is 5.91 Å². The molecule has 2 heterocycles. The van der Waals surface area contributed by atoms with Gasteiger partial charge in [-0.25, -0.2) is 9.79 Å². The zero-order chi connectivity index (χ0) is 26.1. The van der Waals surface area contributed by atoms with Crippen molar-refractivity contribution in [1.29, 1.82) is 0 Å². The van der Waals surface area contributed by atoms with Crippen LogP contribution in [-0.4, -0.2) is 40.7 Å². The molecule has 8 heteroatoms. The molecule has 1 aromatic heterocycles. The van der Waals surface area contributed by atoms with Gasteiger partial charge in [0.2, 0.25) is 0 Å². The molecule has 1 amide bonds. The van der Waals surface area contributed by atoms with Crippen LogP contribution in [0.1, 0.15) is 27.2 Å². The lowest BCUT2D eigenvalue weighted by Gasteiger charge is -2.09. The van der Waals surface area contributed by atoms with E-state index in [9.17, 15) is 9.59 Å². The predicted octanol–water partition coefficient (Wildman–Crippen LogP) is 6.67. The minimum atomic E-state index is -0.434. The molecule has 0 saturated carbocycles. The molecule has 1 fully saturated rings. The van der Waals surface area contributed by atoms with E-state index < -0.39 is 5.97 Å². The minimum absolute atomic E-state index is 0.123. The smallest absolute Gasteiger partial charge is 0.337 e. The van der Waals surface area contributed by atoms with E-state index in [2.05, 4.69) is 28.6 Å². The summed E-state index contributed by atoms with van der Waals surface area (Å²) in [4.78, 5) is 31.8. The highest BCUT2D eigenvalue weighted by Crippen LogP contribution is 2.36. The fraction of sp³-hybridized carbons (Fsp3) is 0.138. The van der Waals surface area contributed by atoms with Gasteiger partial charge in [-0.2, -0.15) is 0 Å². The molecule has 0 atom stereocenters. The molecule has 6 nitrogen and oxygen atoms in total. The maximum atomic E-state index is 13.2. The lowest BCUT2D eigenvalue weighted by Crippen LogP contribution is -2.23. The number of amidine groups is 1. The zero-order valence-corrected chi connectivity index (χ0v) is 22.1. The molecule has 37 heavy (non-hydrogen) atoms. The number of para-hydroxylation sites is 1. The normalized spacial score (nSPS) is 15.8. The second kappa shape index (κ2) is 10.3. The zero-order valence-electron chi connectivity index (χ0n) is 20.6. The van der Waals surface area contributed by atoms with E-state index in [1.165, 1.54) is 23.8 Å². The fourth-order valence-electron chi connectivity index (χ4n) is 4.33. The number of aromatic nitrogens is 1. The van der Waals surface area contributed by atoms with Crippen LogP contribution in [0.3, 0.4) is 0 Å². The topological polar surface area (TPSA) is 63.9 Å². The largest absolute Gasteiger partial charge is 0.465 e. The van der Waals surface area contributed by atoms with Crippen molar-refractivity contribution in [1.82, 2.24) is 9.47 Å². The maximum absolute atomic E-state index is 13.2. The minimum Gasteiger partial charge on any atom is -0.465 e. The number of likely N-dealkylation sites (N-methyl/N-ethyl adjacent to an activating group) is 1. The first-order valence-corrected chi connectivity index (χ1v) is 12.8. The van der Waals surface area contributed by atoms with Crippen LogP contribution in [-0.2, 0) is 16.1 Å². The van der Waals surface area contributed by atoms with Crippen molar-refractivity contribution in [2.75, 3.05) is 14.2 Å². The van der Waals surface area contributed by atoms with Crippen LogP contribution in [0.15, 0.2) is 82.7 Å². The van der Waals surface area contributed by atoms with Gasteiger partial charge in [0.1, 0.15) is 0 Å². The van der Waals surface area contributed by atoms with Crippen molar-refractivity contribution in [3.05, 3.63) is 105 Å². The molecule has 0 spiro atoms. The number of hydrogen-bond acceptors (Lipinski definition) is 5. The first-order valence-electron chi connectivity index (χ1n) is 11.6. The fourth-order valence-corrected chi connectivity index (χ4v) is 5.42. The molecular formula is C29H24ClN3O3S. The average Bonchev–Trinajstić information content (AvgIpc) is 3.33. The summed E-state index contributed by atoms with van der Waals surface area (Å²) in [6, 6.07) is 22.9. The Morgan fingerprint density at radius 2 is 1.84 bits per heavy atom. The van der Waals surface area contributed by atoms with Gasteiger partial charge in [-0.1, -0.05) is 48.0 Å².